The van der Waals surface area contributed by atoms with Crippen LogP contribution in [0.5, 0.6) is 0 Å². The van der Waals surface area contributed by atoms with Gasteiger partial charge in [-0.1, -0.05) is 67.7 Å². The van der Waals surface area contributed by atoms with Crippen molar-refractivity contribution in [1.29, 1.82) is 0 Å². The van der Waals surface area contributed by atoms with Crippen molar-refractivity contribution < 1.29 is 4.57 Å². The number of thiazole rings is 1. The highest BCUT2D eigenvalue weighted by Gasteiger charge is 2.21. The molecular weight excluding hydrogens is 360 g/mol. The van der Waals surface area contributed by atoms with Crippen molar-refractivity contribution in [3.05, 3.63) is 59.1 Å². The van der Waals surface area contributed by atoms with Gasteiger partial charge in [0.15, 0.2) is 6.54 Å². The highest BCUT2D eigenvalue weighted by Crippen LogP contribution is 2.28. The van der Waals surface area contributed by atoms with E-state index in [0.717, 1.165) is 12.5 Å². The van der Waals surface area contributed by atoms with E-state index in [2.05, 4.69) is 84.2 Å². The third kappa shape index (κ3) is 4.47. The summed E-state index contributed by atoms with van der Waals surface area (Å²) in [6.07, 6.45) is 13.0. The zero-order valence-corrected chi connectivity index (χ0v) is 17.9. The van der Waals surface area contributed by atoms with Crippen molar-refractivity contribution in [3.8, 4) is 0 Å². The van der Waals surface area contributed by atoms with Crippen LogP contribution < -0.4 is 9.47 Å². The van der Waals surface area contributed by atoms with Crippen molar-refractivity contribution in [2.24, 2.45) is 5.92 Å². The normalized spacial score (nSPS) is 15.5. The summed E-state index contributed by atoms with van der Waals surface area (Å²) in [7, 11) is 4.16. The lowest BCUT2D eigenvalue weighted by Crippen LogP contribution is -2.36. The van der Waals surface area contributed by atoms with E-state index in [0.29, 0.717) is 0 Å². The molecule has 1 saturated carbocycles. The van der Waals surface area contributed by atoms with Crippen LogP contribution in [0.2, 0.25) is 0 Å². The van der Waals surface area contributed by atoms with E-state index in [1.807, 2.05) is 11.3 Å². The first-order chi connectivity index (χ1) is 13.7. The molecule has 0 aliphatic heterocycles. The molecule has 1 aliphatic carbocycles. The molecule has 28 heavy (non-hydrogen) atoms. The maximum Gasteiger partial charge on any atom is 0.262 e. The van der Waals surface area contributed by atoms with Gasteiger partial charge in [0, 0.05) is 38.3 Å². The minimum Gasteiger partial charge on any atom is -0.378 e. The molecule has 0 N–H and O–H groups in total. The summed E-state index contributed by atoms with van der Waals surface area (Å²) in [5, 5.41) is 1.36. The Balaban J connectivity index is 1.56. The van der Waals surface area contributed by atoms with Crippen LogP contribution in [-0.4, -0.2) is 14.1 Å². The van der Waals surface area contributed by atoms with Crippen LogP contribution in [0.1, 0.15) is 49.1 Å². The number of aryl methyl sites for hydroxylation is 1. The SMILES string of the molecule is CN(C)c1ccc(/C=C/c2sc3ccccc3[n+]2CCC2CCCCC2)cc1. The second-order valence-corrected chi connectivity index (χ2v) is 9.23. The number of nitrogens with zero attached hydrogens (tertiary/aromatic N) is 2. The highest BCUT2D eigenvalue weighted by molar-refractivity contribution is 7.18. The number of rotatable bonds is 6. The van der Waals surface area contributed by atoms with Crippen LogP contribution in [-0.2, 0) is 6.54 Å². The Morgan fingerprint density at radius 1 is 0.964 bits per heavy atom. The summed E-state index contributed by atoms with van der Waals surface area (Å²) in [5.41, 5.74) is 3.87. The highest BCUT2D eigenvalue weighted by atomic mass is 32.1. The average Bonchev–Trinajstić information content (AvgIpc) is 3.09. The second kappa shape index (κ2) is 8.91. The maximum atomic E-state index is 2.54. The van der Waals surface area contributed by atoms with E-state index in [-0.39, 0.29) is 0 Å². The van der Waals surface area contributed by atoms with Gasteiger partial charge in [-0.3, -0.25) is 0 Å². The minimum atomic E-state index is 0.912. The Morgan fingerprint density at radius 2 is 1.71 bits per heavy atom. The van der Waals surface area contributed by atoms with Gasteiger partial charge in [0.1, 0.15) is 4.70 Å². The van der Waals surface area contributed by atoms with Crippen LogP contribution in [0, 0.1) is 5.92 Å². The first kappa shape index (κ1) is 19.2. The molecule has 0 spiro atoms. The summed E-state index contributed by atoms with van der Waals surface area (Å²) in [6.45, 7) is 1.13. The summed E-state index contributed by atoms with van der Waals surface area (Å²) < 4.78 is 3.92. The van der Waals surface area contributed by atoms with Gasteiger partial charge in [-0.2, -0.15) is 4.57 Å². The predicted octanol–water partition coefficient (Wildman–Crippen LogP) is 6.40. The Kier molecular flexibility index (Phi) is 6.11. The lowest BCUT2D eigenvalue weighted by Gasteiger charge is -2.19. The Morgan fingerprint density at radius 3 is 2.46 bits per heavy atom. The van der Waals surface area contributed by atoms with E-state index in [1.54, 1.807) is 0 Å². The van der Waals surface area contributed by atoms with Gasteiger partial charge in [-0.25, -0.2) is 0 Å². The lowest BCUT2D eigenvalue weighted by molar-refractivity contribution is -0.670. The van der Waals surface area contributed by atoms with Crippen LogP contribution in [0.15, 0.2) is 48.5 Å². The van der Waals surface area contributed by atoms with Crippen molar-refractivity contribution in [2.75, 3.05) is 19.0 Å². The topological polar surface area (TPSA) is 7.12 Å². The zero-order chi connectivity index (χ0) is 19.3. The van der Waals surface area contributed by atoms with Gasteiger partial charge in [-0.15, -0.1) is 0 Å². The van der Waals surface area contributed by atoms with E-state index in [1.165, 1.54) is 65.0 Å². The third-order valence-electron chi connectivity index (χ3n) is 5.95. The Bertz CT molecular complexity index is 931. The van der Waals surface area contributed by atoms with E-state index < -0.39 is 0 Å². The van der Waals surface area contributed by atoms with E-state index in [4.69, 9.17) is 0 Å². The molecule has 1 aliphatic rings. The maximum absolute atomic E-state index is 2.54. The third-order valence-corrected chi connectivity index (χ3v) is 7.08. The Hall–Kier alpha value is -2.13. The predicted molar refractivity (Wildman–Crippen MR) is 123 cm³/mol. The fraction of sp³-hybridized carbons (Fsp3) is 0.400. The molecule has 146 valence electrons. The van der Waals surface area contributed by atoms with Crippen molar-refractivity contribution >= 4 is 39.4 Å². The first-order valence-corrected chi connectivity index (χ1v) is 11.4. The average molecular weight is 392 g/mol. The van der Waals surface area contributed by atoms with Crippen molar-refractivity contribution in [2.45, 2.75) is 45.1 Å². The van der Waals surface area contributed by atoms with Gasteiger partial charge >= 0.3 is 0 Å². The van der Waals surface area contributed by atoms with Gasteiger partial charge in [0.05, 0.1) is 0 Å². The summed E-state index contributed by atoms with van der Waals surface area (Å²) in [5.74, 6) is 0.912. The van der Waals surface area contributed by atoms with Crippen LogP contribution in [0.3, 0.4) is 0 Å². The molecule has 3 aromatic rings. The first-order valence-electron chi connectivity index (χ1n) is 10.6. The number of para-hydroxylation sites is 1. The standard InChI is InChI=1S/C25H31N2S/c1-26(2)22-15-12-21(13-16-22)14-17-25-27(19-18-20-8-4-3-5-9-20)23-10-6-7-11-24(23)28-25/h6-7,10-17,20H,3-5,8-9,18-19H2,1-2H3/q+1. The van der Waals surface area contributed by atoms with Gasteiger partial charge in [0.25, 0.3) is 5.01 Å². The van der Waals surface area contributed by atoms with Gasteiger partial charge < -0.3 is 4.90 Å². The molecule has 0 unspecified atom stereocenters. The smallest absolute Gasteiger partial charge is 0.262 e. The van der Waals surface area contributed by atoms with E-state index in [9.17, 15) is 0 Å². The monoisotopic (exact) mass is 391 g/mol. The van der Waals surface area contributed by atoms with Crippen molar-refractivity contribution in [1.82, 2.24) is 0 Å². The number of hydrogen-bond acceptors (Lipinski definition) is 2. The Labute approximate surface area is 173 Å². The molecule has 0 radical (unpaired) electrons. The fourth-order valence-electron chi connectivity index (χ4n) is 4.25. The molecule has 3 heteroatoms. The molecule has 0 saturated heterocycles. The number of fused-ring (bicyclic) bond motifs is 1. The molecule has 1 fully saturated rings. The van der Waals surface area contributed by atoms with Crippen LogP contribution in [0.25, 0.3) is 22.4 Å². The summed E-state index contributed by atoms with van der Waals surface area (Å²) in [6, 6.07) is 17.6. The van der Waals surface area contributed by atoms with Gasteiger partial charge in [-0.05, 0) is 35.8 Å². The second-order valence-electron chi connectivity index (χ2n) is 8.17. The molecule has 0 atom stereocenters. The van der Waals surface area contributed by atoms with Crippen LogP contribution in [0.4, 0.5) is 5.69 Å². The summed E-state index contributed by atoms with van der Waals surface area (Å²) >= 11 is 1.91. The summed E-state index contributed by atoms with van der Waals surface area (Å²) in [4.78, 5) is 2.14. The molecule has 2 nitrogen and oxygen atoms in total. The molecule has 0 bridgehead atoms. The number of anilines is 1. The number of hydrogen-bond donors (Lipinski definition) is 0. The largest absolute Gasteiger partial charge is 0.378 e. The molecule has 1 heterocycles. The van der Waals surface area contributed by atoms with Crippen LogP contribution >= 0.6 is 11.3 Å². The van der Waals surface area contributed by atoms with Gasteiger partial charge in [0.2, 0.25) is 5.52 Å². The molecular formula is C25H31N2S+. The quantitative estimate of drug-likeness (QED) is 0.441. The zero-order valence-electron chi connectivity index (χ0n) is 17.1. The number of benzene rings is 2. The molecule has 4 rings (SSSR count). The minimum absolute atomic E-state index is 0.912. The molecule has 0 amide bonds. The molecule has 2 aromatic carbocycles. The number of aromatic nitrogens is 1. The lowest BCUT2D eigenvalue weighted by atomic mass is 9.87. The van der Waals surface area contributed by atoms with Crippen molar-refractivity contribution in [3.63, 3.8) is 0 Å². The fourth-order valence-corrected chi connectivity index (χ4v) is 5.34. The van der Waals surface area contributed by atoms with E-state index >= 15 is 0 Å². The molecule has 1 aromatic heterocycles.